The number of aryl methyl sites for hydroxylation is 1. The molecular formula is C21H21N3O3. The molecule has 0 saturated heterocycles. The summed E-state index contributed by atoms with van der Waals surface area (Å²) >= 11 is 0. The van der Waals surface area contributed by atoms with Crippen molar-refractivity contribution in [3.05, 3.63) is 83.6 Å². The van der Waals surface area contributed by atoms with Crippen molar-refractivity contribution in [2.45, 2.75) is 26.4 Å². The Balaban J connectivity index is 1.50. The molecule has 3 aromatic rings. The number of pyridine rings is 1. The molecule has 0 aliphatic heterocycles. The SMILES string of the molecule is CCCc1ccc(OCc2ccc(C(=O)N/N=C/c3ccccn3)o2)cc1. The Morgan fingerprint density at radius 2 is 2.04 bits per heavy atom. The van der Waals surface area contributed by atoms with E-state index in [4.69, 9.17) is 9.15 Å². The van der Waals surface area contributed by atoms with E-state index in [1.807, 2.05) is 24.3 Å². The fourth-order valence-corrected chi connectivity index (χ4v) is 2.44. The summed E-state index contributed by atoms with van der Waals surface area (Å²) in [5, 5.41) is 3.87. The van der Waals surface area contributed by atoms with Crippen molar-refractivity contribution in [2.24, 2.45) is 5.10 Å². The van der Waals surface area contributed by atoms with Gasteiger partial charge in [0.15, 0.2) is 5.76 Å². The van der Waals surface area contributed by atoms with E-state index in [0.717, 1.165) is 18.6 Å². The lowest BCUT2D eigenvalue weighted by molar-refractivity contribution is 0.0923. The molecule has 2 heterocycles. The van der Waals surface area contributed by atoms with Gasteiger partial charge in [-0.15, -0.1) is 0 Å². The molecule has 3 rings (SSSR count). The standard InChI is InChI=1S/C21H21N3O3/c1-2-5-16-7-9-18(10-8-16)26-15-19-11-12-20(27-19)21(25)24-23-14-17-6-3-4-13-22-17/h3-4,6-14H,2,5,15H2,1H3,(H,24,25)/b23-14+. The number of nitrogens with zero attached hydrogens (tertiary/aromatic N) is 2. The van der Waals surface area contributed by atoms with E-state index < -0.39 is 5.91 Å². The fraction of sp³-hybridized carbons (Fsp3) is 0.190. The molecule has 6 heteroatoms. The van der Waals surface area contributed by atoms with E-state index >= 15 is 0 Å². The summed E-state index contributed by atoms with van der Waals surface area (Å²) in [4.78, 5) is 16.1. The van der Waals surface area contributed by atoms with Crippen molar-refractivity contribution in [2.75, 3.05) is 0 Å². The number of furan rings is 1. The van der Waals surface area contributed by atoms with E-state index in [-0.39, 0.29) is 12.4 Å². The first-order valence-electron chi connectivity index (χ1n) is 8.79. The summed E-state index contributed by atoms with van der Waals surface area (Å²) in [6, 6.07) is 16.7. The van der Waals surface area contributed by atoms with E-state index in [1.54, 1.807) is 24.4 Å². The molecule has 0 saturated carbocycles. The van der Waals surface area contributed by atoms with Crippen LogP contribution in [0.15, 0.2) is 70.3 Å². The molecule has 0 fully saturated rings. The maximum absolute atomic E-state index is 12.0. The van der Waals surface area contributed by atoms with Gasteiger partial charge in [0, 0.05) is 6.20 Å². The van der Waals surface area contributed by atoms with Gasteiger partial charge in [0.05, 0.1) is 11.9 Å². The highest BCUT2D eigenvalue weighted by Crippen LogP contribution is 2.16. The van der Waals surface area contributed by atoms with Crippen LogP contribution in [-0.4, -0.2) is 17.1 Å². The summed E-state index contributed by atoms with van der Waals surface area (Å²) in [6.45, 7) is 2.40. The summed E-state index contributed by atoms with van der Waals surface area (Å²) in [5.41, 5.74) is 4.34. The Morgan fingerprint density at radius 3 is 2.78 bits per heavy atom. The molecule has 1 amide bonds. The van der Waals surface area contributed by atoms with Gasteiger partial charge in [0.2, 0.25) is 0 Å². The number of carbonyl (C=O) groups is 1. The molecule has 6 nitrogen and oxygen atoms in total. The normalized spacial score (nSPS) is 10.9. The number of nitrogens with one attached hydrogen (secondary N) is 1. The first kappa shape index (κ1) is 18.4. The highest BCUT2D eigenvalue weighted by atomic mass is 16.5. The van der Waals surface area contributed by atoms with Gasteiger partial charge < -0.3 is 9.15 Å². The van der Waals surface area contributed by atoms with E-state index in [1.165, 1.54) is 11.8 Å². The van der Waals surface area contributed by atoms with E-state index in [0.29, 0.717) is 11.5 Å². The highest BCUT2D eigenvalue weighted by Gasteiger charge is 2.10. The summed E-state index contributed by atoms with van der Waals surface area (Å²) in [7, 11) is 0. The van der Waals surface area contributed by atoms with Gasteiger partial charge in [-0.2, -0.15) is 5.10 Å². The molecule has 0 unspecified atom stereocenters. The third-order valence-electron chi connectivity index (χ3n) is 3.78. The Kier molecular flexibility index (Phi) is 6.35. The van der Waals surface area contributed by atoms with Crippen LogP contribution in [0.4, 0.5) is 0 Å². The van der Waals surface area contributed by atoms with Crippen LogP contribution in [0.1, 0.15) is 40.9 Å². The monoisotopic (exact) mass is 363 g/mol. The fourth-order valence-electron chi connectivity index (χ4n) is 2.44. The van der Waals surface area contributed by atoms with Crippen molar-refractivity contribution in [3.8, 4) is 5.75 Å². The van der Waals surface area contributed by atoms with Crippen LogP contribution in [0.2, 0.25) is 0 Å². The van der Waals surface area contributed by atoms with Gasteiger partial charge in [0.25, 0.3) is 0 Å². The molecule has 1 aromatic carbocycles. The largest absolute Gasteiger partial charge is 0.486 e. The van der Waals surface area contributed by atoms with E-state index in [9.17, 15) is 4.79 Å². The van der Waals surface area contributed by atoms with Crippen molar-refractivity contribution in [1.82, 2.24) is 10.4 Å². The third kappa shape index (κ3) is 5.54. The number of ether oxygens (including phenoxy) is 1. The Bertz CT molecular complexity index is 887. The zero-order chi connectivity index (χ0) is 18.9. The van der Waals surface area contributed by atoms with Gasteiger partial charge in [0.1, 0.15) is 18.1 Å². The molecule has 2 aromatic heterocycles. The number of benzene rings is 1. The Labute approximate surface area is 157 Å². The first-order valence-corrected chi connectivity index (χ1v) is 8.79. The lowest BCUT2D eigenvalue weighted by Crippen LogP contribution is -2.16. The number of rotatable bonds is 8. The number of hydrogen-bond donors (Lipinski definition) is 1. The van der Waals surface area contributed by atoms with Crippen LogP contribution < -0.4 is 10.2 Å². The minimum absolute atomic E-state index is 0.171. The van der Waals surface area contributed by atoms with Crippen LogP contribution in [0.3, 0.4) is 0 Å². The molecule has 138 valence electrons. The molecule has 0 aliphatic carbocycles. The summed E-state index contributed by atoms with van der Waals surface area (Å²) in [5.74, 6) is 1.06. The molecule has 0 aliphatic rings. The second-order valence-electron chi connectivity index (χ2n) is 5.90. The second-order valence-corrected chi connectivity index (χ2v) is 5.90. The van der Waals surface area contributed by atoms with E-state index in [2.05, 4.69) is 34.6 Å². The van der Waals surface area contributed by atoms with Crippen molar-refractivity contribution in [3.63, 3.8) is 0 Å². The summed E-state index contributed by atoms with van der Waals surface area (Å²) in [6.07, 6.45) is 5.29. The minimum atomic E-state index is -0.433. The maximum Gasteiger partial charge on any atom is 0.307 e. The highest BCUT2D eigenvalue weighted by molar-refractivity contribution is 5.92. The molecule has 0 spiro atoms. The average molecular weight is 363 g/mol. The maximum atomic E-state index is 12.0. The molecule has 0 bridgehead atoms. The average Bonchev–Trinajstić information content (AvgIpc) is 3.18. The lowest BCUT2D eigenvalue weighted by atomic mass is 10.1. The number of amides is 1. The zero-order valence-electron chi connectivity index (χ0n) is 15.1. The van der Waals surface area contributed by atoms with Gasteiger partial charge in [-0.3, -0.25) is 9.78 Å². The van der Waals surface area contributed by atoms with Crippen LogP contribution >= 0.6 is 0 Å². The zero-order valence-corrected chi connectivity index (χ0v) is 15.1. The molecule has 0 radical (unpaired) electrons. The van der Waals surface area contributed by atoms with Crippen LogP contribution in [0.25, 0.3) is 0 Å². The van der Waals surface area contributed by atoms with Gasteiger partial charge in [-0.1, -0.05) is 31.5 Å². The number of aromatic nitrogens is 1. The van der Waals surface area contributed by atoms with Gasteiger partial charge in [-0.05, 0) is 48.4 Å². The van der Waals surface area contributed by atoms with Crippen LogP contribution in [0.5, 0.6) is 5.75 Å². The predicted octanol–water partition coefficient (Wildman–Crippen LogP) is 3.97. The topological polar surface area (TPSA) is 76.7 Å². The molecule has 0 atom stereocenters. The van der Waals surface area contributed by atoms with Gasteiger partial charge >= 0.3 is 5.91 Å². The number of hydrogen-bond acceptors (Lipinski definition) is 5. The summed E-state index contributed by atoms with van der Waals surface area (Å²) < 4.78 is 11.2. The second kappa shape index (κ2) is 9.33. The Hall–Kier alpha value is -3.41. The smallest absolute Gasteiger partial charge is 0.307 e. The lowest BCUT2D eigenvalue weighted by Gasteiger charge is -2.05. The van der Waals surface area contributed by atoms with Crippen LogP contribution in [-0.2, 0) is 13.0 Å². The number of carbonyl (C=O) groups excluding carboxylic acids is 1. The first-order chi connectivity index (χ1) is 13.2. The van der Waals surface area contributed by atoms with Crippen molar-refractivity contribution >= 4 is 12.1 Å². The van der Waals surface area contributed by atoms with Gasteiger partial charge in [-0.25, -0.2) is 5.43 Å². The Morgan fingerprint density at radius 1 is 1.19 bits per heavy atom. The third-order valence-corrected chi connectivity index (χ3v) is 3.78. The predicted molar refractivity (Wildman–Crippen MR) is 103 cm³/mol. The minimum Gasteiger partial charge on any atom is -0.486 e. The molecule has 27 heavy (non-hydrogen) atoms. The molecule has 1 N–H and O–H groups in total. The van der Waals surface area contributed by atoms with Crippen molar-refractivity contribution in [1.29, 1.82) is 0 Å². The quantitative estimate of drug-likeness (QED) is 0.485. The number of hydrazone groups is 1. The molecular weight excluding hydrogens is 342 g/mol. The van der Waals surface area contributed by atoms with Crippen molar-refractivity contribution < 1.29 is 13.9 Å². The van der Waals surface area contributed by atoms with Crippen LogP contribution in [0, 0.1) is 0 Å².